The van der Waals surface area contributed by atoms with E-state index in [1.165, 1.54) is 7.11 Å². The Bertz CT molecular complexity index is 303. The van der Waals surface area contributed by atoms with Gasteiger partial charge in [-0.1, -0.05) is 0 Å². The van der Waals surface area contributed by atoms with Gasteiger partial charge in [-0.05, 0) is 12.8 Å². The smallest absolute Gasteiger partial charge is 0.306 e. The number of nitrogens with zero attached hydrogens (tertiary/aromatic N) is 1. The molecule has 0 aromatic carbocycles. The minimum atomic E-state index is -0.939. The first-order valence-electron chi connectivity index (χ1n) is 6.50. The van der Waals surface area contributed by atoms with Crippen LogP contribution < -0.4 is 11.1 Å². The lowest BCUT2D eigenvalue weighted by atomic mass is 10.1. The van der Waals surface area contributed by atoms with Gasteiger partial charge in [-0.15, -0.1) is 0 Å². The second kappa shape index (κ2) is 8.08. The quantitative estimate of drug-likeness (QED) is 0.550. The van der Waals surface area contributed by atoms with E-state index in [9.17, 15) is 9.59 Å². The van der Waals surface area contributed by atoms with Gasteiger partial charge in [0.15, 0.2) is 0 Å². The minimum Gasteiger partial charge on any atom is -0.481 e. The predicted molar refractivity (Wildman–Crippen MR) is 69.7 cm³/mol. The van der Waals surface area contributed by atoms with Crippen LogP contribution in [0.4, 0.5) is 0 Å². The van der Waals surface area contributed by atoms with Crippen molar-refractivity contribution in [3.63, 3.8) is 0 Å². The van der Waals surface area contributed by atoms with Crippen LogP contribution in [0.2, 0.25) is 0 Å². The van der Waals surface area contributed by atoms with E-state index in [2.05, 4.69) is 10.2 Å². The fourth-order valence-electron chi connectivity index (χ4n) is 2.03. The lowest BCUT2D eigenvalue weighted by Crippen LogP contribution is -2.45. The Labute approximate surface area is 113 Å². The van der Waals surface area contributed by atoms with Crippen molar-refractivity contribution in [3.8, 4) is 0 Å². The molecule has 1 aliphatic heterocycles. The summed E-state index contributed by atoms with van der Waals surface area (Å²) in [4.78, 5) is 24.3. The molecule has 0 bridgehead atoms. The van der Waals surface area contributed by atoms with Crippen molar-refractivity contribution in [3.05, 3.63) is 0 Å². The average Bonchev–Trinajstić information content (AvgIpc) is 2.37. The molecule has 0 radical (unpaired) electrons. The molecule has 1 atom stereocenters. The average molecular weight is 273 g/mol. The van der Waals surface area contributed by atoms with E-state index in [4.69, 9.17) is 15.6 Å². The van der Waals surface area contributed by atoms with Crippen molar-refractivity contribution in [1.29, 1.82) is 0 Å². The Balaban J connectivity index is 2.21. The molecule has 0 aromatic rings. The molecule has 7 nitrogen and oxygen atoms in total. The molecular weight excluding hydrogens is 250 g/mol. The molecule has 1 rings (SSSR count). The maximum absolute atomic E-state index is 11.7. The number of carbonyl (C=O) groups excluding carboxylic acids is 1. The first-order chi connectivity index (χ1) is 9.01. The number of nitrogens with two attached hydrogens (primary N) is 1. The van der Waals surface area contributed by atoms with Gasteiger partial charge < -0.3 is 20.9 Å². The maximum Gasteiger partial charge on any atom is 0.306 e. The maximum atomic E-state index is 11.7. The Morgan fingerprint density at radius 2 is 2.11 bits per heavy atom. The molecule has 0 aliphatic carbocycles. The number of nitrogens with one attached hydrogen (secondary N) is 1. The summed E-state index contributed by atoms with van der Waals surface area (Å²) < 4.78 is 4.99. The third kappa shape index (κ3) is 6.51. The number of carbonyl (C=O) groups is 2. The molecule has 0 aromatic heterocycles. The van der Waals surface area contributed by atoms with Gasteiger partial charge in [0.2, 0.25) is 5.91 Å². The van der Waals surface area contributed by atoms with Gasteiger partial charge >= 0.3 is 5.97 Å². The van der Waals surface area contributed by atoms with Crippen molar-refractivity contribution in [1.82, 2.24) is 10.2 Å². The molecule has 0 saturated carbocycles. The number of piperidine rings is 1. The molecule has 7 heteroatoms. The number of amides is 1. The third-order valence-corrected chi connectivity index (χ3v) is 3.26. The van der Waals surface area contributed by atoms with Crippen LogP contribution in [0.5, 0.6) is 0 Å². The van der Waals surface area contributed by atoms with Gasteiger partial charge in [0, 0.05) is 32.8 Å². The first kappa shape index (κ1) is 15.9. The van der Waals surface area contributed by atoms with Crippen LogP contribution in [0, 0.1) is 0 Å². The van der Waals surface area contributed by atoms with Gasteiger partial charge in [0.25, 0.3) is 0 Å². The zero-order chi connectivity index (χ0) is 14.3. The van der Waals surface area contributed by atoms with Gasteiger partial charge in [-0.2, -0.15) is 0 Å². The monoisotopic (exact) mass is 273 g/mol. The number of rotatable bonds is 7. The number of aliphatic carboxylic acids is 1. The molecule has 4 N–H and O–H groups in total. The highest BCUT2D eigenvalue weighted by Gasteiger charge is 2.19. The van der Waals surface area contributed by atoms with E-state index >= 15 is 0 Å². The number of carboxylic acids is 1. The molecule has 1 unspecified atom stereocenters. The highest BCUT2D eigenvalue weighted by Crippen LogP contribution is 2.07. The fraction of sp³-hybridized carbons (Fsp3) is 0.833. The third-order valence-electron chi connectivity index (χ3n) is 3.26. The van der Waals surface area contributed by atoms with Crippen LogP contribution in [0.3, 0.4) is 0 Å². The lowest BCUT2D eigenvalue weighted by molar-refractivity contribution is -0.140. The number of methoxy groups -OCH3 is 1. The van der Waals surface area contributed by atoms with Crippen LogP contribution in [0.25, 0.3) is 0 Å². The summed E-state index contributed by atoms with van der Waals surface area (Å²) in [5.41, 5.74) is 5.79. The molecule has 1 fully saturated rings. The summed E-state index contributed by atoms with van der Waals surface area (Å²) in [6, 6.07) is 0.243. The summed E-state index contributed by atoms with van der Waals surface area (Å²) in [5, 5.41) is 11.4. The molecular formula is C12H23N3O4. The van der Waals surface area contributed by atoms with Crippen LogP contribution >= 0.6 is 0 Å². The first-order valence-corrected chi connectivity index (χ1v) is 6.50. The van der Waals surface area contributed by atoms with Crippen LogP contribution in [0.15, 0.2) is 0 Å². The number of ether oxygens (including phenoxy) is 1. The molecule has 1 aliphatic rings. The molecule has 110 valence electrons. The van der Waals surface area contributed by atoms with Gasteiger partial charge in [0.05, 0.1) is 19.1 Å². The van der Waals surface area contributed by atoms with E-state index in [0.29, 0.717) is 6.54 Å². The summed E-state index contributed by atoms with van der Waals surface area (Å²) in [6.07, 6.45) is 1.21. The Morgan fingerprint density at radius 1 is 1.47 bits per heavy atom. The summed E-state index contributed by atoms with van der Waals surface area (Å²) >= 11 is 0. The summed E-state index contributed by atoms with van der Waals surface area (Å²) in [5.74, 6) is -1.05. The van der Waals surface area contributed by atoms with Crippen LogP contribution in [0.1, 0.15) is 19.3 Å². The highest BCUT2D eigenvalue weighted by atomic mass is 16.5. The van der Waals surface area contributed by atoms with Gasteiger partial charge in [-0.25, -0.2) is 0 Å². The number of hydrogen-bond acceptors (Lipinski definition) is 5. The van der Waals surface area contributed by atoms with E-state index in [1.807, 2.05) is 0 Å². The van der Waals surface area contributed by atoms with E-state index in [-0.39, 0.29) is 24.9 Å². The highest BCUT2D eigenvalue weighted by molar-refractivity contribution is 5.78. The van der Waals surface area contributed by atoms with Crippen LogP contribution in [-0.2, 0) is 14.3 Å². The minimum absolute atomic E-state index is 0.108. The molecule has 19 heavy (non-hydrogen) atoms. The second-order valence-corrected chi connectivity index (χ2v) is 4.87. The van der Waals surface area contributed by atoms with E-state index in [0.717, 1.165) is 25.9 Å². The number of carboxylic acid groups (broad SMARTS) is 1. The molecule has 1 saturated heterocycles. The SMILES string of the molecule is COC(CNC(=O)CN1CCC(N)CC1)CC(=O)O. The topological polar surface area (TPSA) is 105 Å². The predicted octanol–water partition coefficient (Wildman–Crippen LogP) is -0.985. The summed E-state index contributed by atoms with van der Waals surface area (Å²) in [6.45, 7) is 2.21. The largest absolute Gasteiger partial charge is 0.481 e. The number of likely N-dealkylation sites (tertiary alicyclic amines) is 1. The number of hydrogen-bond donors (Lipinski definition) is 3. The Hall–Kier alpha value is -1.18. The van der Waals surface area contributed by atoms with Gasteiger partial charge in [0.1, 0.15) is 0 Å². The van der Waals surface area contributed by atoms with Crippen molar-refractivity contribution >= 4 is 11.9 Å². The van der Waals surface area contributed by atoms with Crippen molar-refractivity contribution in [2.24, 2.45) is 5.73 Å². The van der Waals surface area contributed by atoms with Crippen LogP contribution in [-0.4, -0.2) is 67.3 Å². The second-order valence-electron chi connectivity index (χ2n) is 4.87. The molecule has 1 amide bonds. The Kier molecular flexibility index (Phi) is 6.75. The van der Waals surface area contributed by atoms with Crippen molar-refractivity contribution < 1.29 is 19.4 Å². The van der Waals surface area contributed by atoms with Gasteiger partial charge in [-0.3, -0.25) is 14.5 Å². The Morgan fingerprint density at radius 3 is 2.63 bits per heavy atom. The summed E-state index contributed by atoms with van der Waals surface area (Å²) in [7, 11) is 1.44. The standard InChI is InChI=1S/C12H23N3O4/c1-19-10(6-12(17)18)7-14-11(16)8-15-4-2-9(13)3-5-15/h9-10H,2-8,13H2,1H3,(H,14,16)(H,17,18). The van der Waals surface area contributed by atoms with E-state index in [1.54, 1.807) is 0 Å². The van der Waals surface area contributed by atoms with Crippen molar-refractivity contribution in [2.75, 3.05) is 33.3 Å². The normalized spacial score (nSPS) is 19.1. The van der Waals surface area contributed by atoms with E-state index < -0.39 is 12.1 Å². The zero-order valence-corrected chi connectivity index (χ0v) is 11.3. The van der Waals surface area contributed by atoms with Crippen molar-refractivity contribution in [2.45, 2.75) is 31.4 Å². The zero-order valence-electron chi connectivity index (χ0n) is 11.3. The molecule has 1 heterocycles. The molecule has 0 spiro atoms. The lowest BCUT2D eigenvalue weighted by Gasteiger charge is -2.29. The fourth-order valence-corrected chi connectivity index (χ4v) is 2.03.